The summed E-state index contributed by atoms with van der Waals surface area (Å²) in [7, 11) is 0. The second-order valence-corrected chi connectivity index (χ2v) is 5.88. The fourth-order valence-electron chi connectivity index (χ4n) is 2.87. The van der Waals surface area contributed by atoms with E-state index in [9.17, 15) is 14.3 Å². The number of hydrogen-bond donors (Lipinski definition) is 2. The van der Waals surface area contributed by atoms with Crippen molar-refractivity contribution >= 4 is 5.97 Å². The molecule has 1 aliphatic heterocycles. The third-order valence-corrected chi connectivity index (χ3v) is 4.10. The van der Waals surface area contributed by atoms with Crippen LogP contribution >= 0.6 is 0 Å². The van der Waals surface area contributed by atoms with Crippen molar-refractivity contribution in [1.29, 1.82) is 0 Å². The first kappa shape index (κ1) is 17.7. The Bertz CT molecular complexity index is 503. The van der Waals surface area contributed by atoms with Crippen LogP contribution in [0, 0.1) is 11.7 Å². The molecule has 1 heterocycles. The fourth-order valence-corrected chi connectivity index (χ4v) is 2.87. The normalized spacial score (nSPS) is 22.4. The van der Waals surface area contributed by atoms with Gasteiger partial charge in [-0.05, 0) is 19.1 Å². The lowest BCUT2D eigenvalue weighted by Crippen LogP contribution is -3.14. The topological polar surface area (TPSA) is 60.2 Å². The number of carbonyl (C=O) groups is 1. The van der Waals surface area contributed by atoms with E-state index in [0.29, 0.717) is 13.2 Å². The van der Waals surface area contributed by atoms with Crippen molar-refractivity contribution in [2.75, 3.05) is 32.8 Å². The smallest absolute Gasteiger partial charge is 0.309 e. The Kier molecular flexibility index (Phi) is 6.80. The minimum absolute atomic E-state index is 0.0227. The molecule has 1 aromatic carbocycles. The first-order valence-corrected chi connectivity index (χ1v) is 8.15. The maximum atomic E-state index is 13.4. The summed E-state index contributed by atoms with van der Waals surface area (Å²) >= 11 is 0. The molecule has 128 valence electrons. The maximum Gasteiger partial charge on any atom is 0.309 e. The zero-order chi connectivity index (χ0) is 16.7. The molecule has 1 aliphatic rings. The molecule has 23 heavy (non-hydrogen) atoms. The Morgan fingerprint density at radius 1 is 1.39 bits per heavy atom. The van der Waals surface area contributed by atoms with Crippen LogP contribution in [0.1, 0.15) is 19.8 Å². The quantitative estimate of drug-likeness (QED) is 0.713. The van der Waals surface area contributed by atoms with Crippen LogP contribution in [-0.2, 0) is 9.53 Å². The summed E-state index contributed by atoms with van der Waals surface area (Å²) in [4.78, 5) is 12.9. The van der Waals surface area contributed by atoms with E-state index in [1.165, 1.54) is 11.0 Å². The van der Waals surface area contributed by atoms with Gasteiger partial charge in [0.15, 0.2) is 11.6 Å². The fraction of sp³-hybridized carbons (Fsp3) is 0.588. The largest absolute Gasteiger partial charge is 0.488 e. The summed E-state index contributed by atoms with van der Waals surface area (Å²) in [6.45, 7) is 4.46. The molecule has 6 heteroatoms. The highest BCUT2D eigenvalue weighted by atomic mass is 19.1. The van der Waals surface area contributed by atoms with Crippen molar-refractivity contribution in [2.45, 2.75) is 25.9 Å². The molecule has 0 radical (unpaired) electrons. The average Bonchev–Trinajstić information content (AvgIpc) is 2.55. The van der Waals surface area contributed by atoms with Gasteiger partial charge in [0.2, 0.25) is 0 Å². The Labute approximate surface area is 136 Å². The number of hydrogen-bond acceptors (Lipinski definition) is 4. The molecular formula is C17H25FNO4+. The number of para-hydroxylation sites is 1. The van der Waals surface area contributed by atoms with Crippen LogP contribution in [0.2, 0.25) is 0 Å². The van der Waals surface area contributed by atoms with Crippen LogP contribution in [0.25, 0.3) is 0 Å². The number of aliphatic hydroxyl groups is 1. The van der Waals surface area contributed by atoms with Gasteiger partial charge in [-0.2, -0.15) is 0 Å². The van der Waals surface area contributed by atoms with Crippen molar-refractivity contribution < 1.29 is 28.7 Å². The van der Waals surface area contributed by atoms with Gasteiger partial charge >= 0.3 is 5.97 Å². The van der Waals surface area contributed by atoms with Crippen molar-refractivity contribution in [2.24, 2.45) is 5.92 Å². The van der Waals surface area contributed by atoms with Crippen LogP contribution in [0.3, 0.4) is 0 Å². The zero-order valence-corrected chi connectivity index (χ0v) is 13.5. The molecule has 1 aromatic rings. The van der Waals surface area contributed by atoms with Gasteiger partial charge in [0, 0.05) is 12.8 Å². The molecular weight excluding hydrogens is 301 g/mol. The van der Waals surface area contributed by atoms with E-state index in [1.54, 1.807) is 18.2 Å². The van der Waals surface area contributed by atoms with Gasteiger partial charge in [-0.1, -0.05) is 12.1 Å². The van der Waals surface area contributed by atoms with Crippen molar-refractivity contribution in [1.82, 2.24) is 0 Å². The second-order valence-electron chi connectivity index (χ2n) is 5.88. The Morgan fingerprint density at radius 3 is 2.74 bits per heavy atom. The minimum Gasteiger partial charge on any atom is -0.488 e. The number of likely N-dealkylation sites (tertiary alicyclic amines) is 1. The molecule has 1 fully saturated rings. The van der Waals surface area contributed by atoms with Crippen LogP contribution in [0.15, 0.2) is 24.3 Å². The SMILES string of the molecule is CCOC(=O)C1CC[NH+](C[C@@H](O)COc2ccccc2F)CC1. The zero-order valence-electron chi connectivity index (χ0n) is 13.5. The van der Waals surface area contributed by atoms with Gasteiger partial charge in [-0.25, -0.2) is 4.39 Å². The third-order valence-electron chi connectivity index (χ3n) is 4.10. The van der Waals surface area contributed by atoms with E-state index in [1.807, 2.05) is 6.92 Å². The highest BCUT2D eigenvalue weighted by molar-refractivity contribution is 5.72. The van der Waals surface area contributed by atoms with E-state index in [-0.39, 0.29) is 24.2 Å². The number of esters is 1. The summed E-state index contributed by atoms with van der Waals surface area (Å²) in [5.74, 6) is -0.412. The molecule has 1 atom stereocenters. The molecule has 2 rings (SSSR count). The molecule has 0 amide bonds. The molecule has 0 saturated carbocycles. The van der Waals surface area contributed by atoms with Crippen molar-refractivity contribution in [3.05, 3.63) is 30.1 Å². The number of piperidine rings is 1. The van der Waals surface area contributed by atoms with Crippen LogP contribution in [0.5, 0.6) is 5.75 Å². The van der Waals surface area contributed by atoms with E-state index >= 15 is 0 Å². The van der Waals surface area contributed by atoms with Crippen LogP contribution in [-0.4, -0.2) is 50.0 Å². The summed E-state index contributed by atoms with van der Waals surface area (Å²) in [6, 6.07) is 6.15. The highest BCUT2D eigenvalue weighted by Gasteiger charge is 2.29. The number of aliphatic hydroxyl groups excluding tert-OH is 1. The second kappa shape index (κ2) is 8.84. The third kappa shape index (κ3) is 5.48. The van der Waals surface area contributed by atoms with E-state index in [4.69, 9.17) is 9.47 Å². The molecule has 0 aliphatic carbocycles. The van der Waals surface area contributed by atoms with Crippen molar-refractivity contribution in [3.63, 3.8) is 0 Å². The standard InChI is InChI=1S/C17H24FNO4/c1-2-22-17(21)13-7-9-19(10-8-13)11-14(20)12-23-16-6-4-3-5-15(16)18/h3-6,13-14,20H,2,7-12H2,1H3/p+1/t14-/m1/s1. The van der Waals surface area contributed by atoms with Gasteiger partial charge in [0.25, 0.3) is 0 Å². The molecule has 2 N–H and O–H groups in total. The first-order chi connectivity index (χ1) is 11.1. The predicted molar refractivity (Wildman–Crippen MR) is 82.8 cm³/mol. The van der Waals surface area contributed by atoms with Gasteiger partial charge in [-0.3, -0.25) is 4.79 Å². The van der Waals surface area contributed by atoms with Gasteiger partial charge < -0.3 is 19.5 Å². The Hall–Kier alpha value is -1.66. The summed E-state index contributed by atoms with van der Waals surface area (Å²) in [5.41, 5.74) is 0. The predicted octanol–water partition coefficient (Wildman–Crippen LogP) is 0.423. The molecule has 0 unspecified atom stereocenters. The average molecular weight is 326 g/mol. The lowest BCUT2D eigenvalue weighted by Gasteiger charge is -2.29. The molecule has 0 bridgehead atoms. The number of carbonyl (C=O) groups excluding carboxylic acids is 1. The van der Waals surface area contributed by atoms with Crippen molar-refractivity contribution in [3.8, 4) is 5.75 Å². The minimum atomic E-state index is -0.663. The molecule has 1 saturated heterocycles. The van der Waals surface area contributed by atoms with Gasteiger partial charge in [0.1, 0.15) is 19.3 Å². The van der Waals surface area contributed by atoms with E-state index in [2.05, 4.69) is 0 Å². The van der Waals surface area contributed by atoms with Crippen LogP contribution in [0.4, 0.5) is 4.39 Å². The number of benzene rings is 1. The number of nitrogens with one attached hydrogen (secondary N) is 1. The van der Waals surface area contributed by atoms with E-state index in [0.717, 1.165) is 25.9 Å². The summed E-state index contributed by atoms with van der Waals surface area (Å²) in [5, 5.41) is 10.1. The lowest BCUT2D eigenvalue weighted by molar-refractivity contribution is -0.908. The lowest BCUT2D eigenvalue weighted by atomic mass is 9.97. The van der Waals surface area contributed by atoms with Crippen LogP contribution < -0.4 is 9.64 Å². The Morgan fingerprint density at radius 2 is 2.09 bits per heavy atom. The summed E-state index contributed by atoms with van der Waals surface area (Å²) < 4.78 is 23.8. The number of ether oxygens (including phenoxy) is 2. The Balaban J connectivity index is 1.69. The highest BCUT2D eigenvalue weighted by Crippen LogP contribution is 2.15. The summed E-state index contributed by atoms with van der Waals surface area (Å²) in [6.07, 6.45) is 0.883. The number of halogens is 1. The maximum absolute atomic E-state index is 13.4. The molecule has 0 aromatic heterocycles. The molecule has 5 nitrogen and oxygen atoms in total. The first-order valence-electron chi connectivity index (χ1n) is 8.15. The number of rotatable bonds is 7. The van der Waals surface area contributed by atoms with Gasteiger partial charge in [0.05, 0.1) is 25.6 Å². The monoisotopic (exact) mass is 326 g/mol. The number of quaternary nitrogens is 1. The molecule has 0 spiro atoms. The van der Waals surface area contributed by atoms with Gasteiger partial charge in [-0.15, -0.1) is 0 Å². The van der Waals surface area contributed by atoms with E-state index < -0.39 is 11.9 Å².